The van der Waals surface area contributed by atoms with Crippen molar-refractivity contribution in [2.75, 3.05) is 7.11 Å². The molecule has 0 fully saturated rings. The fraction of sp³-hybridized carbons (Fsp3) is 0.0833. The predicted molar refractivity (Wildman–Crippen MR) is 117 cm³/mol. The number of nitriles is 1. The smallest absolute Gasteiger partial charge is 0.278 e. The molecule has 0 bridgehead atoms. The zero-order valence-corrected chi connectivity index (χ0v) is 16.6. The third-order valence-electron chi connectivity index (χ3n) is 5.16. The van der Waals surface area contributed by atoms with E-state index in [1.54, 1.807) is 42.1 Å². The molecular formula is C24H17N3O4. The van der Waals surface area contributed by atoms with E-state index in [1.165, 1.54) is 18.2 Å². The number of fused-ring (bicyclic) bond motifs is 1. The third kappa shape index (κ3) is 3.63. The summed E-state index contributed by atoms with van der Waals surface area (Å²) in [7, 11) is 1.59. The zero-order valence-electron chi connectivity index (χ0n) is 16.6. The Balaban J connectivity index is 1.87. The summed E-state index contributed by atoms with van der Waals surface area (Å²) in [6, 6.07) is 20.6. The number of benzene rings is 3. The molecule has 31 heavy (non-hydrogen) atoms. The van der Waals surface area contributed by atoms with Gasteiger partial charge in [-0.1, -0.05) is 30.3 Å². The summed E-state index contributed by atoms with van der Waals surface area (Å²) in [5, 5.41) is 22.1. The van der Waals surface area contributed by atoms with Gasteiger partial charge in [-0.15, -0.1) is 0 Å². The quantitative estimate of drug-likeness (QED) is 0.356. The Kier molecular flexibility index (Phi) is 5.21. The lowest BCUT2D eigenvalue weighted by molar-refractivity contribution is -0.384. The largest absolute Gasteiger partial charge is 0.497 e. The normalized spacial score (nSPS) is 10.6. The fourth-order valence-electron chi connectivity index (χ4n) is 3.66. The van der Waals surface area contributed by atoms with Crippen LogP contribution in [-0.2, 0) is 6.54 Å². The molecule has 152 valence electrons. The van der Waals surface area contributed by atoms with E-state index in [1.807, 2.05) is 30.3 Å². The van der Waals surface area contributed by atoms with E-state index in [0.29, 0.717) is 22.9 Å². The van der Waals surface area contributed by atoms with E-state index in [9.17, 15) is 20.2 Å². The lowest BCUT2D eigenvalue weighted by atomic mass is 9.94. The fourth-order valence-corrected chi connectivity index (χ4v) is 3.66. The molecule has 4 aromatic rings. The van der Waals surface area contributed by atoms with E-state index < -0.39 is 4.92 Å². The number of nitro benzene ring substituents is 1. The van der Waals surface area contributed by atoms with Crippen LogP contribution in [0.25, 0.3) is 21.9 Å². The number of hydrogen-bond donors (Lipinski definition) is 0. The van der Waals surface area contributed by atoms with Gasteiger partial charge in [0.25, 0.3) is 11.2 Å². The molecule has 0 radical (unpaired) electrons. The molecule has 0 aliphatic carbocycles. The first kappa shape index (κ1) is 19.9. The maximum Gasteiger partial charge on any atom is 0.278 e. The number of pyridine rings is 1. The van der Waals surface area contributed by atoms with Crippen molar-refractivity contribution in [1.82, 2.24) is 4.57 Å². The topological polar surface area (TPSA) is 98.2 Å². The summed E-state index contributed by atoms with van der Waals surface area (Å²) in [5.41, 5.74) is 1.43. The second kappa shape index (κ2) is 8.13. The summed E-state index contributed by atoms with van der Waals surface area (Å²) in [4.78, 5) is 24.2. The highest BCUT2D eigenvalue weighted by molar-refractivity contribution is 5.99. The molecule has 0 saturated heterocycles. The van der Waals surface area contributed by atoms with Crippen molar-refractivity contribution >= 4 is 16.5 Å². The molecule has 0 saturated carbocycles. The molecule has 1 aromatic heterocycles. The predicted octanol–water partition coefficient (Wildman–Crippen LogP) is 4.51. The number of aromatic nitrogens is 1. The van der Waals surface area contributed by atoms with Gasteiger partial charge in [-0.05, 0) is 46.8 Å². The minimum atomic E-state index is -0.514. The number of rotatable bonds is 5. The third-order valence-corrected chi connectivity index (χ3v) is 5.16. The molecule has 0 aliphatic heterocycles. The summed E-state index contributed by atoms with van der Waals surface area (Å²) in [6.07, 6.45) is 1.67. The van der Waals surface area contributed by atoms with Gasteiger partial charge < -0.3 is 9.30 Å². The van der Waals surface area contributed by atoms with Crippen molar-refractivity contribution in [3.63, 3.8) is 0 Å². The Morgan fingerprint density at radius 2 is 1.77 bits per heavy atom. The molecule has 0 aliphatic rings. The first-order valence-corrected chi connectivity index (χ1v) is 9.46. The molecule has 7 heteroatoms. The van der Waals surface area contributed by atoms with Gasteiger partial charge in [0.05, 0.1) is 29.7 Å². The van der Waals surface area contributed by atoms with Crippen molar-refractivity contribution < 1.29 is 9.66 Å². The maximum absolute atomic E-state index is 13.2. The Morgan fingerprint density at radius 3 is 2.45 bits per heavy atom. The molecule has 0 atom stereocenters. The van der Waals surface area contributed by atoms with Gasteiger partial charge in [0.2, 0.25) is 0 Å². The number of methoxy groups -OCH3 is 1. The molecule has 4 rings (SSSR count). The van der Waals surface area contributed by atoms with Crippen LogP contribution in [0, 0.1) is 21.4 Å². The van der Waals surface area contributed by atoms with E-state index in [4.69, 9.17) is 4.74 Å². The molecule has 0 spiro atoms. The highest BCUT2D eigenvalue weighted by Gasteiger charge is 2.21. The van der Waals surface area contributed by atoms with Crippen LogP contribution in [0.3, 0.4) is 0 Å². The lowest BCUT2D eigenvalue weighted by Crippen LogP contribution is -2.20. The summed E-state index contributed by atoms with van der Waals surface area (Å²) in [5.74, 6) is 0.733. The van der Waals surface area contributed by atoms with Crippen LogP contribution < -0.4 is 10.3 Å². The van der Waals surface area contributed by atoms with Crippen LogP contribution in [0.5, 0.6) is 5.75 Å². The zero-order chi connectivity index (χ0) is 22.0. The average Bonchev–Trinajstić information content (AvgIpc) is 2.80. The van der Waals surface area contributed by atoms with Crippen LogP contribution in [0.15, 0.2) is 77.7 Å². The summed E-state index contributed by atoms with van der Waals surface area (Å²) < 4.78 is 6.74. The van der Waals surface area contributed by atoms with Crippen LogP contribution in [0.1, 0.15) is 11.1 Å². The Bertz CT molecular complexity index is 1400. The van der Waals surface area contributed by atoms with Crippen molar-refractivity contribution in [2.45, 2.75) is 6.54 Å². The van der Waals surface area contributed by atoms with Gasteiger partial charge in [-0.3, -0.25) is 14.9 Å². The summed E-state index contributed by atoms with van der Waals surface area (Å²) in [6.45, 7) is 0.373. The van der Waals surface area contributed by atoms with Gasteiger partial charge in [0.1, 0.15) is 11.8 Å². The molecule has 7 nitrogen and oxygen atoms in total. The van der Waals surface area contributed by atoms with Gasteiger partial charge in [-0.2, -0.15) is 5.26 Å². The van der Waals surface area contributed by atoms with Gasteiger partial charge >= 0.3 is 0 Å². The number of nitro groups is 1. The van der Waals surface area contributed by atoms with Crippen LogP contribution in [-0.4, -0.2) is 16.6 Å². The minimum absolute atomic E-state index is 0.172. The van der Waals surface area contributed by atoms with Crippen molar-refractivity contribution in [2.24, 2.45) is 0 Å². The van der Waals surface area contributed by atoms with Crippen molar-refractivity contribution in [3.8, 4) is 22.9 Å². The maximum atomic E-state index is 13.2. The second-order valence-corrected chi connectivity index (χ2v) is 6.93. The van der Waals surface area contributed by atoms with Crippen LogP contribution >= 0.6 is 0 Å². The highest BCUT2D eigenvalue weighted by atomic mass is 16.6. The van der Waals surface area contributed by atoms with E-state index in [2.05, 4.69) is 0 Å². The Labute approximate surface area is 177 Å². The van der Waals surface area contributed by atoms with Crippen molar-refractivity contribution in [1.29, 1.82) is 5.26 Å². The lowest BCUT2D eigenvalue weighted by Gasteiger charge is -2.12. The van der Waals surface area contributed by atoms with Gasteiger partial charge in [0, 0.05) is 17.6 Å². The monoisotopic (exact) mass is 411 g/mol. The second-order valence-electron chi connectivity index (χ2n) is 6.93. The molecule has 1 heterocycles. The highest BCUT2D eigenvalue weighted by Crippen LogP contribution is 2.36. The molecule has 0 N–H and O–H groups in total. The van der Waals surface area contributed by atoms with E-state index in [-0.39, 0.29) is 22.4 Å². The molecular weight excluding hydrogens is 394 g/mol. The molecule has 0 unspecified atom stereocenters. The Hall–Kier alpha value is -4.44. The first-order chi connectivity index (χ1) is 15.0. The van der Waals surface area contributed by atoms with Gasteiger partial charge in [0.15, 0.2) is 0 Å². The van der Waals surface area contributed by atoms with Crippen molar-refractivity contribution in [3.05, 3.63) is 105 Å². The molecule has 0 amide bonds. The summed E-state index contributed by atoms with van der Waals surface area (Å²) >= 11 is 0. The Morgan fingerprint density at radius 1 is 1.03 bits per heavy atom. The number of hydrogen-bond acceptors (Lipinski definition) is 5. The average molecular weight is 411 g/mol. The van der Waals surface area contributed by atoms with Crippen LogP contribution in [0.4, 0.5) is 5.69 Å². The van der Waals surface area contributed by atoms with Crippen LogP contribution in [0.2, 0.25) is 0 Å². The standard InChI is InChI=1S/C24H17N3O4/c1-31-18-10-8-16(9-11-18)15-26-13-12-19-20(5-3-6-21(19)24(26)28)23-17(14-25)4-2-7-22(23)27(29)30/h2-13H,15H2,1H3. The SMILES string of the molecule is COc1ccc(Cn2ccc3c(-c4c(C#N)cccc4[N+](=O)[O-])cccc3c2=O)cc1. The van der Waals surface area contributed by atoms with Gasteiger partial charge in [-0.25, -0.2) is 0 Å². The first-order valence-electron chi connectivity index (χ1n) is 9.46. The number of ether oxygens (including phenoxy) is 1. The van der Waals surface area contributed by atoms with E-state index >= 15 is 0 Å². The number of nitrogens with zero attached hydrogens (tertiary/aromatic N) is 3. The van der Waals surface area contributed by atoms with E-state index in [0.717, 1.165) is 11.3 Å². The minimum Gasteiger partial charge on any atom is -0.497 e. The molecule has 3 aromatic carbocycles.